The van der Waals surface area contributed by atoms with Crippen molar-refractivity contribution in [2.75, 3.05) is 6.61 Å². The van der Waals surface area contributed by atoms with E-state index in [2.05, 4.69) is 23.1 Å². The Balaban J connectivity index is 1.71. The molecule has 1 fully saturated rings. The van der Waals surface area contributed by atoms with Crippen LogP contribution in [0.3, 0.4) is 0 Å². The van der Waals surface area contributed by atoms with Gasteiger partial charge >= 0.3 is 0 Å². The number of nitrogens with two attached hydrogens (primary N) is 1. The van der Waals surface area contributed by atoms with Crippen LogP contribution >= 0.6 is 0 Å². The quantitative estimate of drug-likeness (QED) is 0.877. The van der Waals surface area contributed by atoms with Crippen LogP contribution < -0.4 is 10.5 Å². The second-order valence-electron chi connectivity index (χ2n) is 7.02. The Kier molecular flexibility index (Phi) is 5.21. The lowest BCUT2D eigenvalue weighted by Gasteiger charge is -2.29. The van der Waals surface area contributed by atoms with Crippen molar-refractivity contribution in [1.29, 1.82) is 0 Å². The molecule has 4 heteroatoms. The monoisotopic (exact) mass is 316 g/mol. The summed E-state index contributed by atoms with van der Waals surface area (Å²) in [4.78, 5) is 14.8. The maximum Gasteiger partial charge on any atom is 0.223 e. The van der Waals surface area contributed by atoms with Gasteiger partial charge in [-0.25, -0.2) is 0 Å². The Labute approximate surface area is 139 Å². The molecule has 2 N–H and O–H groups in total. The molecule has 0 saturated heterocycles. The van der Waals surface area contributed by atoms with Gasteiger partial charge in [0.1, 0.15) is 5.75 Å². The fraction of sp³-hybridized carbons (Fsp3) is 0.632. The highest BCUT2D eigenvalue weighted by Crippen LogP contribution is 2.29. The van der Waals surface area contributed by atoms with Gasteiger partial charge in [0.05, 0.1) is 6.61 Å². The molecule has 1 amide bonds. The topological polar surface area (TPSA) is 55.6 Å². The Hall–Kier alpha value is -1.55. The molecule has 126 valence electrons. The van der Waals surface area contributed by atoms with Crippen LogP contribution in [0.4, 0.5) is 0 Å². The molecular weight excluding hydrogens is 288 g/mol. The molecule has 1 aromatic rings. The first kappa shape index (κ1) is 16.3. The molecule has 1 aliphatic carbocycles. The second-order valence-corrected chi connectivity index (χ2v) is 7.02. The standard InChI is InChI=1S/C19H28N2O2/c1-14(20)6-9-19(22)21(17-4-2-3-5-17)13-15-7-8-18-16(12-15)10-11-23-18/h7-8,12,14,17H,2-6,9-11,13,20H2,1H3. The van der Waals surface area contributed by atoms with Crippen molar-refractivity contribution < 1.29 is 9.53 Å². The summed E-state index contributed by atoms with van der Waals surface area (Å²) in [6.07, 6.45) is 7.04. The number of nitrogens with zero attached hydrogens (tertiary/aromatic N) is 1. The van der Waals surface area contributed by atoms with Crippen molar-refractivity contribution in [3.63, 3.8) is 0 Å². The van der Waals surface area contributed by atoms with Crippen molar-refractivity contribution >= 4 is 5.91 Å². The van der Waals surface area contributed by atoms with Crippen LogP contribution in [0.15, 0.2) is 18.2 Å². The van der Waals surface area contributed by atoms with Crippen molar-refractivity contribution in [3.05, 3.63) is 29.3 Å². The minimum Gasteiger partial charge on any atom is -0.493 e. The first-order valence-corrected chi connectivity index (χ1v) is 8.93. The summed E-state index contributed by atoms with van der Waals surface area (Å²) in [5.41, 5.74) is 8.32. The van der Waals surface area contributed by atoms with E-state index in [9.17, 15) is 4.79 Å². The van der Waals surface area contributed by atoms with E-state index in [1.54, 1.807) is 0 Å². The Bertz CT molecular complexity index is 550. The molecule has 0 aromatic heterocycles. The van der Waals surface area contributed by atoms with Crippen LogP contribution in [0.25, 0.3) is 0 Å². The van der Waals surface area contributed by atoms with Gasteiger partial charge in [-0.1, -0.05) is 25.0 Å². The number of ether oxygens (including phenoxy) is 1. The molecule has 1 heterocycles. The number of carbonyl (C=O) groups is 1. The first-order valence-electron chi connectivity index (χ1n) is 8.93. The highest BCUT2D eigenvalue weighted by Gasteiger charge is 2.27. The fourth-order valence-electron chi connectivity index (χ4n) is 3.67. The third-order valence-electron chi connectivity index (χ3n) is 5.01. The average Bonchev–Trinajstić information content (AvgIpc) is 3.20. The zero-order valence-electron chi connectivity index (χ0n) is 14.1. The van der Waals surface area contributed by atoms with E-state index in [0.29, 0.717) is 12.5 Å². The Morgan fingerprint density at radius 2 is 2.17 bits per heavy atom. The van der Waals surface area contributed by atoms with Crippen molar-refractivity contribution in [2.45, 2.75) is 70.5 Å². The third kappa shape index (κ3) is 4.05. The minimum atomic E-state index is 0.0847. The number of rotatable bonds is 6. The van der Waals surface area contributed by atoms with E-state index in [1.165, 1.54) is 24.0 Å². The zero-order valence-corrected chi connectivity index (χ0v) is 14.1. The molecule has 3 rings (SSSR count). The van der Waals surface area contributed by atoms with Gasteiger partial charge in [-0.15, -0.1) is 0 Å². The molecular formula is C19H28N2O2. The van der Waals surface area contributed by atoms with Crippen LogP contribution in [0.2, 0.25) is 0 Å². The van der Waals surface area contributed by atoms with Crippen LogP contribution in [0.5, 0.6) is 5.75 Å². The molecule has 0 bridgehead atoms. The van der Waals surface area contributed by atoms with E-state index < -0.39 is 0 Å². The molecule has 0 radical (unpaired) electrons. The molecule has 0 spiro atoms. The lowest BCUT2D eigenvalue weighted by molar-refractivity contribution is -0.134. The minimum absolute atomic E-state index is 0.0847. The van der Waals surface area contributed by atoms with E-state index in [4.69, 9.17) is 10.5 Å². The number of benzene rings is 1. The maximum atomic E-state index is 12.7. The molecule has 4 nitrogen and oxygen atoms in total. The molecule has 1 atom stereocenters. The molecule has 1 unspecified atom stereocenters. The molecule has 1 aliphatic heterocycles. The molecule has 1 saturated carbocycles. The Morgan fingerprint density at radius 1 is 1.39 bits per heavy atom. The largest absolute Gasteiger partial charge is 0.493 e. The zero-order chi connectivity index (χ0) is 16.2. The van der Waals surface area contributed by atoms with Gasteiger partial charge in [-0.3, -0.25) is 4.79 Å². The smallest absolute Gasteiger partial charge is 0.223 e. The summed E-state index contributed by atoms with van der Waals surface area (Å²) in [6.45, 7) is 3.46. The second kappa shape index (κ2) is 7.35. The van der Waals surface area contributed by atoms with E-state index in [0.717, 1.165) is 44.6 Å². The lowest BCUT2D eigenvalue weighted by Crippen LogP contribution is -2.38. The highest BCUT2D eigenvalue weighted by atomic mass is 16.5. The number of hydrogen-bond donors (Lipinski definition) is 1. The summed E-state index contributed by atoms with van der Waals surface area (Å²) in [6, 6.07) is 6.85. The van der Waals surface area contributed by atoms with E-state index >= 15 is 0 Å². The van der Waals surface area contributed by atoms with Crippen LogP contribution in [0, 0.1) is 0 Å². The van der Waals surface area contributed by atoms with Crippen molar-refractivity contribution in [2.24, 2.45) is 5.73 Å². The van der Waals surface area contributed by atoms with Crippen LogP contribution in [0.1, 0.15) is 56.6 Å². The van der Waals surface area contributed by atoms with Gasteiger partial charge in [-0.2, -0.15) is 0 Å². The van der Waals surface area contributed by atoms with Crippen LogP contribution in [-0.4, -0.2) is 29.5 Å². The number of hydrogen-bond acceptors (Lipinski definition) is 3. The number of amides is 1. The lowest BCUT2D eigenvalue weighted by atomic mass is 10.1. The maximum absolute atomic E-state index is 12.7. The summed E-state index contributed by atoms with van der Waals surface area (Å²) < 4.78 is 5.58. The predicted molar refractivity (Wildman–Crippen MR) is 91.3 cm³/mol. The van der Waals surface area contributed by atoms with Gasteiger partial charge in [-0.05, 0) is 43.4 Å². The average molecular weight is 316 g/mol. The first-order chi connectivity index (χ1) is 11.1. The number of carbonyl (C=O) groups excluding carboxylic acids is 1. The molecule has 2 aliphatic rings. The molecule has 23 heavy (non-hydrogen) atoms. The molecule has 1 aromatic carbocycles. The van der Waals surface area contributed by atoms with Gasteiger partial charge in [0, 0.05) is 31.5 Å². The summed E-state index contributed by atoms with van der Waals surface area (Å²) in [7, 11) is 0. The normalized spacial score (nSPS) is 18.5. The van der Waals surface area contributed by atoms with Gasteiger partial charge < -0.3 is 15.4 Å². The predicted octanol–water partition coefficient (Wildman–Crippen LogP) is 3.02. The van der Waals surface area contributed by atoms with E-state index in [-0.39, 0.29) is 11.9 Å². The summed E-state index contributed by atoms with van der Waals surface area (Å²) >= 11 is 0. The van der Waals surface area contributed by atoms with Gasteiger partial charge in [0.15, 0.2) is 0 Å². The van der Waals surface area contributed by atoms with E-state index in [1.807, 2.05) is 6.92 Å². The Morgan fingerprint density at radius 3 is 2.91 bits per heavy atom. The fourth-order valence-corrected chi connectivity index (χ4v) is 3.67. The van der Waals surface area contributed by atoms with Gasteiger partial charge in [0.25, 0.3) is 0 Å². The number of fused-ring (bicyclic) bond motifs is 1. The summed E-state index contributed by atoms with van der Waals surface area (Å²) in [5.74, 6) is 1.26. The SMILES string of the molecule is CC(N)CCC(=O)N(Cc1ccc2c(c1)CCO2)C1CCCC1. The van der Waals surface area contributed by atoms with Crippen molar-refractivity contribution in [3.8, 4) is 5.75 Å². The van der Waals surface area contributed by atoms with Gasteiger partial charge in [0.2, 0.25) is 5.91 Å². The highest BCUT2D eigenvalue weighted by molar-refractivity contribution is 5.76. The summed E-state index contributed by atoms with van der Waals surface area (Å²) in [5, 5.41) is 0. The van der Waals surface area contributed by atoms with Crippen LogP contribution in [-0.2, 0) is 17.8 Å². The third-order valence-corrected chi connectivity index (χ3v) is 5.01. The van der Waals surface area contributed by atoms with Crippen molar-refractivity contribution in [1.82, 2.24) is 4.90 Å².